The van der Waals surface area contributed by atoms with E-state index >= 15 is 0 Å². The molecular weight excluding hydrogens is 320 g/mol. The Morgan fingerprint density at radius 3 is 3.04 bits per heavy atom. The third kappa shape index (κ3) is 2.73. The third-order valence-electron chi connectivity index (χ3n) is 4.31. The van der Waals surface area contributed by atoms with Crippen LogP contribution >= 0.6 is 11.3 Å². The van der Waals surface area contributed by atoms with Crippen molar-refractivity contribution in [3.05, 3.63) is 46.1 Å². The van der Waals surface area contributed by atoms with Crippen molar-refractivity contribution in [1.29, 1.82) is 0 Å². The number of thiophene rings is 1. The minimum absolute atomic E-state index is 0.215. The standard InChI is InChI=1S/C18H18N4OS/c1-11-6-7-14(23)12(8-11)9-21-22-17-16-13-4-2-3-5-15(13)24-18(16)20-10-19-17/h6-10,23H,2-5H2,1H3,(H,19,20,22)/b21-9+. The number of rotatable bonds is 3. The lowest BCUT2D eigenvalue weighted by Gasteiger charge is -2.11. The molecule has 0 unspecified atom stereocenters. The van der Waals surface area contributed by atoms with Crippen LogP contribution in [0.3, 0.4) is 0 Å². The number of phenolic OH excluding ortho intramolecular Hbond substituents is 1. The minimum atomic E-state index is 0.215. The first-order valence-corrected chi connectivity index (χ1v) is 8.88. The Morgan fingerprint density at radius 2 is 2.12 bits per heavy atom. The topological polar surface area (TPSA) is 70.4 Å². The quantitative estimate of drug-likeness (QED) is 0.559. The first-order valence-electron chi connectivity index (χ1n) is 8.06. The van der Waals surface area contributed by atoms with Crippen LogP contribution in [-0.4, -0.2) is 21.3 Å². The number of anilines is 1. The minimum Gasteiger partial charge on any atom is -0.507 e. The first kappa shape index (κ1) is 15.1. The van der Waals surface area contributed by atoms with Crippen LogP contribution in [0.1, 0.15) is 34.4 Å². The number of aromatic nitrogens is 2. The Labute approximate surface area is 144 Å². The van der Waals surface area contributed by atoms with Crippen molar-refractivity contribution in [3.63, 3.8) is 0 Å². The highest BCUT2D eigenvalue weighted by atomic mass is 32.1. The van der Waals surface area contributed by atoms with Gasteiger partial charge in [-0.25, -0.2) is 9.97 Å². The molecule has 122 valence electrons. The Bertz CT molecular complexity index is 932. The van der Waals surface area contributed by atoms with Crippen LogP contribution in [0.5, 0.6) is 5.75 Å². The van der Waals surface area contributed by atoms with Crippen LogP contribution in [0.15, 0.2) is 29.6 Å². The highest BCUT2D eigenvalue weighted by Crippen LogP contribution is 2.38. The van der Waals surface area contributed by atoms with E-state index in [1.165, 1.54) is 23.3 Å². The Kier molecular flexibility index (Phi) is 3.90. The molecule has 1 aromatic carbocycles. The van der Waals surface area contributed by atoms with Gasteiger partial charge in [-0.3, -0.25) is 5.43 Å². The molecule has 2 heterocycles. The Morgan fingerprint density at radius 1 is 1.25 bits per heavy atom. The van der Waals surface area contributed by atoms with Gasteiger partial charge in [0.05, 0.1) is 11.6 Å². The number of fused-ring (bicyclic) bond motifs is 3. The zero-order valence-corrected chi connectivity index (χ0v) is 14.2. The number of hydrogen-bond donors (Lipinski definition) is 2. The second-order valence-corrected chi connectivity index (χ2v) is 7.13. The molecule has 0 bridgehead atoms. The fourth-order valence-corrected chi connectivity index (χ4v) is 4.34. The molecule has 0 fully saturated rings. The number of hydrazone groups is 1. The van der Waals surface area contributed by atoms with Gasteiger partial charge in [-0.15, -0.1) is 11.3 Å². The van der Waals surface area contributed by atoms with Crippen LogP contribution < -0.4 is 5.43 Å². The van der Waals surface area contributed by atoms with Crippen molar-refractivity contribution < 1.29 is 5.11 Å². The first-order chi connectivity index (χ1) is 11.7. The maximum atomic E-state index is 9.89. The van der Waals surface area contributed by atoms with E-state index in [4.69, 9.17) is 0 Å². The average Bonchev–Trinajstić information content (AvgIpc) is 2.97. The summed E-state index contributed by atoms with van der Waals surface area (Å²) in [5, 5.41) is 15.3. The second kappa shape index (κ2) is 6.20. The van der Waals surface area contributed by atoms with Gasteiger partial charge in [0.2, 0.25) is 0 Å². The van der Waals surface area contributed by atoms with Crippen molar-refractivity contribution in [2.24, 2.45) is 5.10 Å². The van der Waals surface area contributed by atoms with E-state index in [-0.39, 0.29) is 5.75 Å². The average molecular weight is 338 g/mol. The Balaban J connectivity index is 1.66. The van der Waals surface area contributed by atoms with Gasteiger partial charge in [-0.1, -0.05) is 11.6 Å². The van der Waals surface area contributed by atoms with Gasteiger partial charge in [0.25, 0.3) is 0 Å². The molecular formula is C18H18N4OS. The number of nitrogens with zero attached hydrogens (tertiary/aromatic N) is 3. The molecule has 6 heteroatoms. The highest BCUT2D eigenvalue weighted by molar-refractivity contribution is 7.19. The molecule has 0 aliphatic heterocycles. The van der Waals surface area contributed by atoms with E-state index in [0.717, 1.165) is 34.4 Å². The molecule has 0 amide bonds. The van der Waals surface area contributed by atoms with Gasteiger partial charge in [0.1, 0.15) is 16.9 Å². The van der Waals surface area contributed by atoms with Crippen LogP contribution in [0.4, 0.5) is 5.82 Å². The van der Waals surface area contributed by atoms with E-state index in [9.17, 15) is 5.11 Å². The fourth-order valence-electron chi connectivity index (χ4n) is 3.12. The summed E-state index contributed by atoms with van der Waals surface area (Å²) >= 11 is 1.77. The van der Waals surface area contributed by atoms with Crippen LogP contribution in [0, 0.1) is 6.92 Å². The van der Waals surface area contributed by atoms with E-state index in [2.05, 4.69) is 20.5 Å². The van der Waals surface area contributed by atoms with Gasteiger partial charge in [0.15, 0.2) is 5.82 Å². The lowest BCUT2D eigenvalue weighted by atomic mass is 9.97. The smallest absolute Gasteiger partial charge is 0.158 e. The number of hydrogen-bond acceptors (Lipinski definition) is 6. The van der Waals surface area contributed by atoms with E-state index in [0.29, 0.717) is 5.56 Å². The lowest BCUT2D eigenvalue weighted by molar-refractivity contribution is 0.474. The molecule has 0 spiro atoms. The number of aryl methyl sites for hydroxylation is 3. The molecule has 4 rings (SSSR count). The van der Waals surface area contributed by atoms with Crippen molar-refractivity contribution in [2.45, 2.75) is 32.6 Å². The largest absolute Gasteiger partial charge is 0.507 e. The van der Waals surface area contributed by atoms with Gasteiger partial charge in [0, 0.05) is 10.4 Å². The number of aromatic hydroxyl groups is 1. The lowest BCUT2D eigenvalue weighted by Crippen LogP contribution is -2.01. The molecule has 1 aliphatic carbocycles. The van der Waals surface area contributed by atoms with Gasteiger partial charge >= 0.3 is 0 Å². The summed E-state index contributed by atoms with van der Waals surface area (Å²) in [5.74, 6) is 0.953. The molecule has 2 aromatic heterocycles. The molecule has 0 atom stereocenters. The van der Waals surface area contributed by atoms with Crippen molar-refractivity contribution >= 4 is 33.6 Å². The number of nitrogens with one attached hydrogen (secondary N) is 1. The Hall–Kier alpha value is -2.47. The van der Waals surface area contributed by atoms with Crippen molar-refractivity contribution in [3.8, 4) is 5.75 Å². The van der Waals surface area contributed by atoms with Gasteiger partial charge in [-0.05, 0) is 50.3 Å². The van der Waals surface area contributed by atoms with Gasteiger partial charge < -0.3 is 5.11 Å². The van der Waals surface area contributed by atoms with E-state index < -0.39 is 0 Å². The van der Waals surface area contributed by atoms with E-state index in [1.807, 2.05) is 19.1 Å². The van der Waals surface area contributed by atoms with Gasteiger partial charge in [-0.2, -0.15) is 5.10 Å². The fraction of sp³-hybridized carbons (Fsp3) is 0.278. The van der Waals surface area contributed by atoms with Crippen LogP contribution in [-0.2, 0) is 12.8 Å². The summed E-state index contributed by atoms with van der Waals surface area (Å²) in [4.78, 5) is 11.2. The summed E-state index contributed by atoms with van der Waals surface area (Å²) in [5.41, 5.74) is 6.16. The molecule has 0 radical (unpaired) electrons. The predicted molar refractivity (Wildman–Crippen MR) is 98.1 cm³/mol. The molecule has 0 saturated carbocycles. The third-order valence-corrected chi connectivity index (χ3v) is 5.51. The highest BCUT2D eigenvalue weighted by Gasteiger charge is 2.19. The van der Waals surface area contributed by atoms with Crippen molar-refractivity contribution in [2.75, 3.05) is 5.43 Å². The van der Waals surface area contributed by atoms with E-state index in [1.54, 1.807) is 29.9 Å². The molecule has 2 N–H and O–H groups in total. The van der Waals surface area contributed by atoms with Crippen LogP contribution in [0.2, 0.25) is 0 Å². The molecule has 1 aliphatic rings. The zero-order valence-electron chi connectivity index (χ0n) is 13.4. The van der Waals surface area contributed by atoms with Crippen LogP contribution in [0.25, 0.3) is 10.2 Å². The monoisotopic (exact) mass is 338 g/mol. The van der Waals surface area contributed by atoms with Crippen molar-refractivity contribution in [1.82, 2.24) is 9.97 Å². The maximum absolute atomic E-state index is 9.89. The SMILES string of the molecule is Cc1ccc(O)c(/C=N/Nc2ncnc3sc4c(c23)CCCC4)c1. The zero-order chi connectivity index (χ0) is 16.5. The summed E-state index contributed by atoms with van der Waals surface area (Å²) in [6.07, 6.45) is 7.88. The predicted octanol–water partition coefficient (Wildman–Crippen LogP) is 4.03. The molecule has 0 saturated heterocycles. The molecule has 5 nitrogen and oxygen atoms in total. The summed E-state index contributed by atoms with van der Waals surface area (Å²) < 4.78 is 0. The number of phenols is 1. The molecule has 3 aromatic rings. The molecule has 24 heavy (non-hydrogen) atoms. The summed E-state index contributed by atoms with van der Waals surface area (Å²) in [6.45, 7) is 1.98. The second-order valence-electron chi connectivity index (χ2n) is 6.05. The normalized spacial score (nSPS) is 14.2. The number of benzene rings is 1. The summed E-state index contributed by atoms with van der Waals surface area (Å²) in [7, 11) is 0. The maximum Gasteiger partial charge on any atom is 0.158 e. The summed E-state index contributed by atoms with van der Waals surface area (Å²) in [6, 6.07) is 5.43.